The summed E-state index contributed by atoms with van der Waals surface area (Å²) < 4.78 is 32.7. The number of aliphatic carboxylic acids is 1. The summed E-state index contributed by atoms with van der Waals surface area (Å²) in [4.78, 5) is 46.0. The van der Waals surface area contributed by atoms with Crippen LogP contribution in [0.1, 0.15) is 181 Å². The Kier molecular flexibility index (Phi) is 40.4. The van der Waals surface area contributed by atoms with E-state index in [-0.39, 0.29) is 19.4 Å². The normalized spacial score (nSPS) is 14.3. The van der Waals surface area contributed by atoms with Crippen molar-refractivity contribution >= 4 is 25.7 Å². The van der Waals surface area contributed by atoms with Gasteiger partial charge in [-0.25, -0.2) is 4.57 Å². The SMILES string of the molecule is CC/C=C/C/C=C/C/C=C/C/C=C/C/C=C/CCCCCC(=O)OC[C@H](COP(=O)(O)OC[C@H](N)C(=O)O)OC(=O)CCCCCCCCC/C=C/CCCCCCCC. The summed E-state index contributed by atoms with van der Waals surface area (Å²) in [6, 6.07) is -1.53. The predicted octanol–water partition coefficient (Wildman–Crippen LogP) is 12.5. The standard InChI is InChI=1S/C48H82NO10P/c1-3-5-7-9-11-13-15-17-19-21-22-24-25-27-29-31-33-35-37-39-46(50)56-41-44(42-57-60(54,55)58-43-45(49)48(52)53)59-47(51)40-38-36-34-32-30-28-26-23-20-18-16-14-12-10-8-6-4-2/h5,7,11,13,17-20,22,24,27,29,44-45H,3-4,6,8-10,12,14-16,21,23,25-26,28,30-43,49H2,1-2H3,(H,52,53)(H,54,55)/b7-5+,13-11+,19-17+,20-18+,24-22+,29-27+/t44-,45+/m1/s1. The van der Waals surface area contributed by atoms with Crippen LogP contribution in [-0.2, 0) is 37.5 Å². The molecular formula is C48H82NO10P. The van der Waals surface area contributed by atoms with Gasteiger partial charge in [0.15, 0.2) is 6.10 Å². The fraction of sp³-hybridized carbons (Fsp3) is 0.688. The molecular weight excluding hydrogens is 781 g/mol. The lowest BCUT2D eigenvalue weighted by molar-refractivity contribution is -0.161. The van der Waals surface area contributed by atoms with Crippen LogP contribution in [0.4, 0.5) is 0 Å². The number of allylic oxidation sites excluding steroid dienone is 12. The number of rotatable bonds is 42. The number of hydrogen-bond acceptors (Lipinski definition) is 9. The fourth-order valence-electron chi connectivity index (χ4n) is 5.85. The number of phosphoric acid groups is 1. The Morgan fingerprint density at radius 1 is 0.533 bits per heavy atom. The van der Waals surface area contributed by atoms with Crippen molar-refractivity contribution in [3.63, 3.8) is 0 Å². The van der Waals surface area contributed by atoms with Crippen molar-refractivity contribution in [3.05, 3.63) is 72.9 Å². The van der Waals surface area contributed by atoms with Crippen molar-refractivity contribution in [3.8, 4) is 0 Å². The largest absolute Gasteiger partial charge is 0.480 e. The van der Waals surface area contributed by atoms with Crippen LogP contribution in [0.3, 0.4) is 0 Å². The highest BCUT2D eigenvalue weighted by molar-refractivity contribution is 7.47. The molecule has 0 spiro atoms. The summed E-state index contributed by atoms with van der Waals surface area (Å²) in [5, 5.41) is 8.90. The summed E-state index contributed by atoms with van der Waals surface area (Å²) in [6.07, 6.45) is 51.0. The minimum Gasteiger partial charge on any atom is -0.480 e. The molecule has 0 aromatic carbocycles. The lowest BCUT2D eigenvalue weighted by Crippen LogP contribution is -2.34. The van der Waals surface area contributed by atoms with Crippen molar-refractivity contribution in [1.82, 2.24) is 0 Å². The number of unbranched alkanes of at least 4 members (excludes halogenated alkanes) is 16. The smallest absolute Gasteiger partial charge is 0.472 e. The van der Waals surface area contributed by atoms with E-state index in [0.29, 0.717) is 12.8 Å². The number of ether oxygens (including phenoxy) is 2. The summed E-state index contributed by atoms with van der Waals surface area (Å²) in [5.74, 6) is -2.43. The Labute approximate surface area is 363 Å². The van der Waals surface area contributed by atoms with Gasteiger partial charge in [-0.2, -0.15) is 0 Å². The summed E-state index contributed by atoms with van der Waals surface area (Å²) >= 11 is 0. The highest BCUT2D eigenvalue weighted by atomic mass is 31.2. The Balaban J connectivity index is 4.41. The van der Waals surface area contributed by atoms with Crippen molar-refractivity contribution in [1.29, 1.82) is 0 Å². The Morgan fingerprint density at radius 2 is 0.933 bits per heavy atom. The van der Waals surface area contributed by atoms with Gasteiger partial charge in [-0.05, 0) is 83.5 Å². The van der Waals surface area contributed by atoms with Gasteiger partial charge in [0.25, 0.3) is 0 Å². The first-order valence-corrected chi connectivity index (χ1v) is 24.5. The number of phosphoric ester groups is 1. The van der Waals surface area contributed by atoms with Crippen LogP contribution in [0.15, 0.2) is 72.9 Å². The van der Waals surface area contributed by atoms with Gasteiger partial charge in [0, 0.05) is 12.8 Å². The van der Waals surface area contributed by atoms with Gasteiger partial charge < -0.3 is 25.2 Å². The molecule has 0 heterocycles. The molecule has 0 aliphatic heterocycles. The average molecular weight is 864 g/mol. The zero-order chi connectivity index (χ0) is 44.2. The van der Waals surface area contributed by atoms with Gasteiger partial charge in [0.05, 0.1) is 13.2 Å². The van der Waals surface area contributed by atoms with Gasteiger partial charge in [-0.15, -0.1) is 0 Å². The van der Waals surface area contributed by atoms with Crippen LogP contribution in [0.5, 0.6) is 0 Å². The number of nitrogens with two attached hydrogens (primary N) is 1. The van der Waals surface area contributed by atoms with Crippen molar-refractivity contribution in [2.45, 2.75) is 193 Å². The number of carbonyl (C=O) groups is 3. The molecule has 11 nitrogen and oxygen atoms in total. The zero-order valence-corrected chi connectivity index (χ0v) is 38.2. The molecule has 0 fully saturated rings. The van der Waals surface area contributed by atoms with E-state index in [1.807, 2.05) is 0 Å². The van der Waals surface area contributed by atoms with E-state index in [4.69, 9.17) is 24.8 Å². The molecule has 0 rings (SSSR count). The van der Waals surface area contributed by atoms with Gasteiger partial charge >= 0.3 is 25.7 Å². The molecule has 0 aliphatic carbocycles. The molecule has 4 N–H and O–H groups in total. The molecule has 12 heteroatoms. The van der Waals surface area contributed by atoms with Crippen LogP contribution >= 0.6 is 7.82 Å². The van der Waals surface area contributed by atoms with E-state index in [9.17, 15) is 23.8 Å². The fourth-order valence-corrected chi connectivity index (χ4v) is 6.63. The topological polar surface area (TPSA) is 172 Å². The first kappa shape index (κ1) is 56.9. The van der Waals surface area contributed by atoms with Crippen LogP contribution in [0.25, 0.3) is 0 Å². The first-order chi connectivity index (χ1) is 29.1. The van der Waals surface area contributed by atoms with Crippen LogP contribution in [0.2, 0.25) is 0 Å². The van der Waals surface area contributed by atoms with Gasteiger partial charge in [0.2, 0.25) is 0 Å². The van der Waals surface area contributed by atoms with Gasteiger partial charge in [-0.3, -0.25) is 23.4 Å². The number of hydrogen-bond donors (Lipinski definition) is 3. The summed E-state index contributed by atoms with van der Waals surface area (Å²) in [6.45, 7) is 2.65. The Morgan fingerprint density at radius 3 is 1.43 bits per heavy atom. The highest BCUT2D eigenvalue weighted by Gasteiger charge is 2.28. The molecule has 0 aromatic rings. The highest BCUT2D eigenvalue weighted by Crippen LogP contribution is 2.43. The molecule has 0 aliphatic rings. The minimum atomic E-state index is -4.73. The number of carboxylic acids is 1. The summed E-state index contributed by atoms with van der Waals surface area (Å²) in [5.41, 5.74) is 5.34. The molecule has 1 unspecified atom stereocenters. The van der Waals surface area contributed by atoms with E-state index in [2.05, 4.69) is 91.3 Å². The number of carboxylic acid groups (broad SMARTS) is 1. The molecule has 0 amide bonds. The zero-order valence-electron chi connectivity index (χ0n) is 37.3. The van der Waals surface area contributed by atoms with E-state index < -0.39 is 51.1 Å². The second-order valence-corrected chi connectivity index (χ2v) is 16.6. The molecule has 0 radical (unpaired) electrons. The maximum Gasteiger partial charge on any atom is 0.472 e. The maximum absolute atomic E-state index is 12.6. The predicted molar refractivity (Wildman–Crippen MR) is 244 cm³/mol. The Hall–Kier alpha value is -3.08. The van der Waals surface area contributed by atoms with Crippen molar-refractivity contribution < 1.29 is 47.5 Å². The molecule has 3 atom stereocenters. The maximum atomic E-state index is 12.6. The summed E-state index contributed by atoms with van der Waals surface area (Å²) in [7, 11) is -4.73. The van der Waals surface area contributed by atoms with E-state index in [1.54, 1.807) is 0 Å². The van der Waals surface area contributed by atoms with E-state index >= 15 is 0 Å². The minimum absolute atomic E-state index is 0.145. The van der Waals surface area contributed by atoms with Gasteiger partial charge in [0.1, 0.15) is 12.6 Å². The Bertz CT molecular complexity index is 1290. The second-order valence-electron chi connectivity index (χ2n) is 15.1. The monoisotopic (exact) mass is 864 g/mol. The van der Waals surface area contributed by atoms with Crippen LogP contribution < -0.4 is 5.73 Å². The number of carbonyl (C=O) groups excluding carboxylic acids is 2. The van der Waals surface area contributed by atoms with E-state index in [1.165, 1.54) is 57.8 Å². The van der Waals surface area contributed by atoms with E-state index in [0.717, 1.165) is 83.5 Å². The third kappa shape index (κ3) is 41.6. The number of esters is 2. The molecule has 0 bridgehead atoms. The molecule has 344 valence electrons. The molecule has 60 heavy (non-hydrogen) atoms. The van der Waals surface area contributed by atoms with Crippen LogP contribution in [0, 0.1) is 0 Å². The lowest BCUT2D eigenvalue weighted by Gasteiger charge is -2.20. The third-order valence-electron chi connectivity index (χ3n) is 9.44. The second kappa shape index (κ2) is 42.6. The third-order valence-corrected chi connectivity index (χ3v) is 10.4. The molecule has 0 saturated carbocycles. The molecule has 0 aromatic heterocycles. The van der Waals surface area contributed by atoms with Gasteiger partial charge in [-0.1, -0.05) is 157 Å². The molecule has 0 saturated heterocycles. The lowest BCUT2D eigenvalue weighted by atomic mass is 10.1. The first-order valence-electron chi connectivity index (χ1n) is 23.0. The quantitative estimate of drug-likeness (QED) is 0.0231. The van der Waals surface area contributed by atoms with Crippen molar-refractivity contribution in [2.75, 3.05) is 19.8 Å². The average Bonchev–Trinajstić information content (AvgIpc) is 3.22. The van der Waals surface area contributed by atoms with Crippen molar-refractivity contribution in [2.24, 2.45) is 5.73 Å². The van der Waals surface area contributed by atoms with Crippen LogP contribution in [-0.4, -0.2) is 59.9 Å².